The van der Waals surface area contributed by atoms with Gasteiger partial charge >= 0.3 is 5.97 Å². The smallest absolute Gasteiger partial charge is 0.328 e. The third-order valence-electron chi connectivity index (χ3n) is 3.82. The molecule has 0 spiro atoms. The van der Waals surface area contributed by atoms with Crippen LogP contribution in [0.25, 0.3) is 0 Å². The molecule has 0 aliphatic carbocycles. The van der Waals surface area contributed by atoms with E-state index in [1.807, 2.05) is 13.8 Å². The minimum absolute atomic E-state index is 0.107. The van der Waals surface area contributed by atoms with E-state index in [4.69, 9.17) is 4.74 Å². The Kier molecular flexibility index (Phi) is 8.37. The van der Waals surface area contributed by atoms with Crippen molar-refractivity contribution in [1.29, 1.82) is 0 Å². The summed E-state index contributed by atoms with van der Waals surface area (Å²) in [5.41, 5.74) is 0.138. The first kappa shape index (κ1) is 22.1. The number of benzene rings is 1. The molecule has 0 saturated carbocycles. The Balaban J connectivity index is 3.03. The number of amides is 2. The van der Waals surface area contributed by atoms with Gasteiger partial charge in [0.1, 0.15) is 12.1 Å². The lowest BCUT2D eigenvalue weighted by atomic mass is 10.0. The summed E-state index contributed by atoms with van der Waals surface area (Å²) in [4.78, 5) is 46.7. The average Bonchev–Trinajstić information content (AvgIpc) is 2.59. The molecule has 0 saturated heterocycles. The molecule has 148 valence electrons. The Hall–Kier alpha value is -2.97. The molecule has 9 nitrogen and oxygen atoms in total. The van der Waals surface area contributed by atoms with Gasteiger partial charge in [-0.15, -0.1) is 0 Å². The van der Waals surface area contributed by atoms with Crippen LogP contribution in [0.15, 0.2) is 24.3 Å². The van der Waals surface area contributed by atoms with Crippen LogP contribution < -0.4 is 10.6 Å². The maximum atomic E-state index is 12.6. The van der Waals surface area contributed by atoms with Gasteiger partial charge in [-0.05, 0) is 12.3 Å². The Morgan fingerprint density at radius 1 is 1.15 bits per heavy atom. The Labute approximate surface area is 157 Å². The fourth-order valence-corrected chi connectivity index (χ4v) is 2.64. The second kappa shape index (κ2) is 10.2. The van der Waals surface area contributed by atoms with Crippen molar-refractivity contribution in [1.82, 2.24) is 10.6 Å². The van der Waals surface area contributed by atoms with E-state index < -0.39 is 28.9 Å². The van der Waals surface area contributed by atoms with Gasteiger partial charge in [-0.1, -0.05) is 32.0 Å². The molecule has 27 heavy (non-hydrogen) atoms. The molecule has 1 aromatic carbocycles. The molecule has 0 bridgehead atoms. The molecule has 0 unspecified atom stereocenters. The SMILES string of the molecule is COC(=O)[C@H](Cc1ccccc1[N+](=O)[O-])NC(=O)[C@H](CC(C)C)NC(C)=O. The molecule has 0 heterocycles. The molecule has 2 amide bonds. The molecule has 0 aromatic heterocycles. The zero-order valence-corrected chi connectivity index (χ0v) is 15.9. The Morgan fingerprint density at radius 3 is 2.30 bits per heavy atom. The first-order valence-electron chi connectivity index (χ1n) is 8.53. The van der Waals surface area contributed by atoms with Crippen molar-refractivity contribution in [3.05, 3.63) is 39.9 Å². The number of nitrogens with one attached hydrogen (secondary N) is 2. The number of methoxy groups -OCH3 is 1. The lowest BCUT2D eigenvalue weighted by Crippen LogP contribution is -2.52. The lowest BCUT2D eigenvalue weighted by Gasteiger charge is -2.23. The summed E-state index contributed by atoms with van der Waals surface area (Å²) in [5, 5.41) is 16.3. The molecule has 2 N–H and O–H groups in total. The van der Waals surface area contributed by atoms with Crippen molar-refractivity contribution in [3.63, 3.8) is 0 Å². The van der Waals surface area contributed by atoms with Crippen LogP contribution in [0.5, 0.6) is 0 Å². The van der Waals surface area contributed by atoms with Gasteiger partial charge in [-0.2, -0.15) is 0 Å². The van der Waals surface area contributed by atoms with Gasteiger partial charge in [-0.25, -0.2) is 4.79 Å². The number of para-hydroxylation sites is 1. The summed E-state index contributed by atoms with van der Waals surface area (Å²) < 4.78 is 4.72. The number of nitro benzene ring substituents is 1. The van der Waals surface area contributed by atoms with Gasteiger partial charge in [0.05, 0.1) is 12.0 Å². The molecular weight excluding hydrogens is 354 g/mol. The highest BCUT2D eigenvalue weighted by atomic mass is 16.6. The normalized spacial score (nSPS) is 12.8. The molecular formula is C18H25N3O6. The van der Waals surface area contributed by atoms with E-state index in [9.17, 15) is 24.5 Å². The number of hydrogen-bond acceptors (Lipinski definition) is 6. The van der Waals surface area contributed by atoms with Crippen molar-refractivity contribution in [2.45, 2.75) is 45.7 Å². The number of nitrogens with zero attached hydrogens (tertiary/aromatic N) is 1. The Morgan fingerprint density at radius 2 is 1.78 bits per heavy atom. The van der Waals surface area contributed by atoms with Crippen molar-refractivity contribution in [2.75, 3.05) is 7.11 Å². The highest BCUT2D eigenvalue weighted by Gasteiger charge is 2.29. The maximum absolute atomic E-state index is 12.6. The van der Waals surface area contributed by atoms with E-state index in [-0.39, 0.29) is 29.5 Å². The number of ether oxygens (including phenoxy) is 1. The molecule has 0 fully saturated rings. The van der Waals surface area contributed by atoms with Gasteiger partial charge in [-0.3, -0.25) is 19.7 Å². The predicted octanol–water partition coefficient (Wildman–Crippen LogP) is 1.35. The van der Waals surface area contributed by atoms with Crippen LogP contribution in [0, 0.1) is 16.0 Å². The van der Waals surface area contributed by atoms with Crippen LogP contribution in [-0.4, -0.2) is 41.9 Å². The fraction of sp³-hybridized carbons (Fsp3) is 0.500. The van der Waals surface area contributed by atoms with E-state index in [2.05, 4.69) is 10.6 Å². The van der Waals surface area contributed by atoms with Crippen molar-refractivity contribution >= 4 is 23.5 Å². The molecule has 9 heteroatoms. The quantitative estimate of drug-likeness (QED) is 0.379. The lowest BCUT2D eigenvalue weighted by molar-refractivity contribution is -0.385. The van der Waals surface area contributed by atoms with Crippen LogP contribution in [0.3, 0.4) is 0 Å². The minimum atomic E-state index is -1.12. The highest BCUT2D eigenvalue weighted by molar-refractivity contribution is 5.90. The van der Waals surface area contributed by atoms with Crippen LogP contribution in [0.4, 0.5) is 5.69 Å². The summed E-state index contributed by atoms with van der Waals surface area (Å²) in [6.45, 7) is 5.09. The van der Waals surface area contributed by atoms with E-state index in [1.54, 1.807) is 6.07 Å². The number of nitro groups is 1. The average molecular weight is 379 g/mol. The van der Waals surface area contributed by atoms with Crippen LogP contribution in [-0.2, 0) is 25.5 Å². The predicted molar refractivity (Wildman–Crippen MR) is 97.8 cm³/mol. The molecule has 1 rings (SSSR count). The number of rotatable bonds is 9. The molecule has 2 atom stereocenters. The van der Waals surface area contributed by atoms with E-state index >= 15 is 0 Å². The zero-order valence-electron chi connectivity index (χ0n) is 15.9. The molecule has 1 aromatic rings. The maximum Gasteiger partial charge on any atom is 0.328 e. The first-order chi connectivity index (χ1) is 12.6. The first-order valence-corrected chi connectivity index (χ1v) is 8.53. The largest absolute Gasteiger partial charge is 0.467 e. The second-order valence-corrected chi connectivity index (χ2v) is 6.56. The summed E-state index contributed by atoms with van der Waals surface area (Å²) in [6, 6.07) is 4.02. The van der Waals surface area contributed by atoms with Gasteiger partial charge < -0.3 is 15.4 Å². The van der Waals surface area contributed by atoms with Gasteiger partial charge in [0.15, 0.2) is 0 Å². The van der Waals surface area contributed by atoms with E-state index in [0.717, 1.165) is 0 Å². The number of hydrogen-bond donors (Lipinski definition) is 2. The second-order valence-electron chi connectivity index (χ2n) is 6.56. The topological polar surface area (TPSA) is 128 Å². The zero-order chi connectivity index (χ0) is 20.6. The van der Waals surface area contributed by atoms with Gasteiger partial charge in [0.25, 0.3) is 5.69 Å². The number of carbonyl (C=O) groups is 3. The third kappa shape index (κ3) is 7.04. The van der Waals surface area contributed by atoms with Crippen molar-refractivity contribution in [2.24, 2.45) is 5.92 Å². The molecule has 0 aliphatic heterocycles. The standard InChI is InChI=1S/C18H25N3O6/c1-11(2)9-14(19-12(3)22)17(23)20-15(18(24)27-4)10-13-7-5-6-8-16(13)21(25)26/h5-8,11,14-15H,9-10H2,1-4H3,(H,19,22)(H,20,23)/t14-,15-/m0/s1. The summed E-state index contributed by atoms with van der Waals surface area (Å²) in [6.07, 6.45) is 0.273. The monoisotopic (exact) mass is 379 g/mol. The van der Waals surface area contributed by atoms with Gasteiger partial charge in [0, 0.05) is 25.0 Å². The Bertz CT molecular complexity index is 704. The summed E-state index contributed by atoms with van der Waals surface area (Å²) in [7, 11) is 1.17. The van der Waals surface area contributed by atoms with Crippen LogP contribution >= 0.6 is 0 Å². The minimum Gasteiger partial charge on any atom is -0.467 e. The number of esters is 1. The van der Waals surface area contributed by atoms with Gasteiger partial charge in [0.2, 0.25) is 11.8 Å². The van der Waals surface area contributed by atoms with E-state index in [0.29, 0.717) is 6.42 Å². The summed E-state index contributed by atoms with van der Waals surface area (Å²) >= 11 is 0. The molecule has 0 radical (unpaired) electrons. The molecule has 0 aliphatic rings. The van der Waals surface area contributed by atoms with Crippen molar-refractivity contribution < 1.29 is 24.0 Å². The fourth-order valence-electron chi connectivity index (χ4n) is 2.64. The summed E-state index contributed by atoms with van der Waals surface area (Å²) in [5.74, 6) is -1.52. The van der Waals surface area contributed by atoms with E-state index in [1.165, 1.54) is 32.2 Å². The highest BCUT2D eigenvalue weighted by Crippen LogP contribution is 2.19. The van der Waals surface area contributed by atoms with Crippen molar-refractivity contribution in [3.8, 4) is 0 Å². The third-order valence-corrected chi connectivity index (χ3v) is 3.82. The number of carbonyl (C=O) groups excluding carboxylic acids is 3. The van der Waals surface area contributed by atoms with Crippen LogP contribution in [0.2, 0.25) is 0 Å². The van der Waals surface area contributed by atoms with Crippen LogP contribution in [0.1, 0.15) is 32.8 Å².